The van der Waals surface area contributed by atoms with E-state index in [2.05, 4.69) is 45.0 Å². The minimum Gasteiger partial charge on any atom is -0.347 e. The van der Waals surface area contributed by atoms with Gasteiger partial charge in [-0.2, -0.15) is 0 Å². The molecule has 0 spiro atoms. The van der Waals surface area contributed by atoms with Crippen LogP contribution >= 0.6 is 0 Å². The van der Waals surface area contributed by atoms with Gasteiger partial charge >= 0.3 is 0 Å². The minimum atomic E-state index is -0.817. The first-order valence-corrected chi connectivity index (χ1v) is 13.0. The van der Waals surface area contributed by atoms with Crippen LogP contribution in [0.2, 0.25) is 0 Å². The molecular weight excluding hydrogens is 470 g/mol. The van der Waals surface area contributed by atoms with Crippen molar-refractivity contribution in [3.05, 3.63) is 59.9 Å². The summed E-state index contributed by atoms with van der Waals surface area (Å²) in [5.74, 6) is -0.785. The van der Waals surface area contributed by atoms with Crippen molar-refractivity contribution in [2.45, 2.75) is 76.2 Å². The van der Waals surface area contributed by atoms with Crippen molar-refractivity contribution >= 4 is 17.7 Å². The Bertz CT molecular complexity index is 1150. The van der Waals surface area contributed by atoms with Crippen LogP contribution in [0.5, 0.6) is 0 Å². The molecule has 0 saturated carbocycles. The Morgan fingerprint density at radius 1 is 1.27 bits per heavy atom. The van der Waals surface area contributed by atoms with Crippen molar-refractivity contribution < 1.29 is 14.4 Å². The molecule has 2 aliphatic rings. The Labute approximate surface area is 217 Å². The maximum Gasteiger partial charge on any atom is 0.246 e. The molecule has 2 heterocycles. The molecule has 3 amide bonds. The average Bonchev–Trinajstić information content (AvgIpc) is 3.54. The number of hydrogen-bond donors (Lipinski definition) is 3. The van der Waals surface area contributed by atoms with Crippen molar-refractivity contribution in [1.29, 1.82) is 0 Å². The number of amides is 3. The van der Waals surface area contributed by atoms with Gasteiger partial charge < -0.3 is 20.9 Å². The van der Waals surface area contributed by atoms with Gasteiger partial charge in [-0.05, 0) is 57.7 Å². The highest BCUT2D eigenvalue weighted by Crippen LogP contribution is 2.32. The Kier molecular flexibility index (Phi) is 8.38. The molecule has 0 unspecified atom stereocenters. The van der Waals surface area contributed by atoms with Crippen LogP contribution in [-0.2, 0) is 20.8 Å². The van der Waals surface area contributed by atoms with Gasteiger partial charge in [-0.25, -0.2) is 4.68 Å². The maximum absolute atomic E-state index is 13.8. The van der Waals surface area contributed by atoms with E-state index in [0.717, 1.165) is 30.5 Å². The quantitative estimate of drug-likeness (QED) is 0.443. The Morgan fingerprint density at radius 3 is 2.76 bits per heavy atom. The fraction of sp³-hybridized carbons (Fsp3) is 0.519. The third kappa shape index (κ3) is 5.90. The largest absolute Gasteiger partial charge is 0.347 e. The fourth-order valence-corrected chi connectivity index (χ4v) is 5.23. The van der Waals surface area contributed by atoms with Gasteiger partial charge in [0.05, 0.1) is 23.8 Å². The number of nitrogens with one attached hydrogen (secondary N) is 3. The van der Waals surface area contributed by atoms with E-state index in [0.29, 0.717) is 13.0 Å². The van der Waals surface area contributed by atoms with Gasteiger partial charge in [-0.1, -0.05) is 35.6 Å². The van der Waals surface area contributed by atoms with E-state index in [1.807, 2.05) is 25.3 Å². The summed E-state index contributed by atoms with van der Waals surface area (Å²) >= 11 is 0. The predicted molar refractivity (Wildman–Crippen MR) is 139 cm³/mol. The Morgan fingerprint density at radius 2 is 2.05 bits per heavy atom. The average molecular weight is 508 g/mol. The minimum absolute atomic E-state index is 0.0952. The van der Waals surface area contributed by atoms with Gasteiger partial charge in [0.15, 0.2) is 0 Å². The Balaban J connectivity index is 1.57. The summed E-state index contributed by atoms with van der Waals surface area (Å²) in [4.78, 5) is 41.7. The molecule has 1 fully saturated rings. The number of hydrogen-bond acceptors (Lipinski definition) is 6. The lowest BCUT2D eigenvalue weighted by molar-refractivity contribution is -0.141. The van der Waals surface area contributed by atoms with E-state index < -0.39 is 18.1 Å². The highest BCUT2D eigenvalue weighted by atomic mass is 16.2. The van der Waals surface area contributed by atoms with Crippen molar-refractivity contribution in [2.75, 3.05) is 13.6 Å². The molecule has 1 aliphatic heterocycles. The lowest BCUT2D eigenvalue weighted by Gasteiger charge is -2.31. The summed E-state index contributed by atoms with van der Waals surface area (Å²) < 4.78 is 1.73. The van der Waals surface area contributed by atoms with Crippen LogP contribution in [0.3, 0.4) is 0 Å². The van der Waals surface area contributed by atoms with E-state index in [1.165, 1.54) is 5.56 Å². The molecule has 4 rings (SSSR count). The first-order valence-electron chi connectivity index (χ1n) is 13.0. The normalized spacial score (nSPS) is 22.6. The number of likely N-dealkylation sites (N-methyl/N-ethyl adjacent to an activating group) is 1. The topological polar surface area (TPSA) is 121 Å². The number of carbonyl (C=O) groups is 3. The van der Waals surface area contributed by atoms with E-state index >= 15 is 0 Å². The predicted octanol–water partition coefficient (Wildman–Crippen LogP) is 1.59. The van der Waals surface area contributed by atoms with Crippen LogP contribution in [-0.4, -0.2) is 69.3 Å². The molecular formula is C27H37N7O3. The second kappa shape index (κ2) is 11.7. The van der Waals surface area contributed by atoms with Crippen molar-refractivity contribution in [3.63, 3.8) is 0 Å². The van der Waals surface area contributed by atoms with Crippen LogP contribution in [0, 0.1) is 6.92 Å². The molecule has 10 nitrogen and oxygen atoms in total. The lowest BCUT2D eigenvalue weighted by Crippen LogP contribution is -2.55. The molecule has 1 aliphatic carbocycles. The summed E-state index contributed by atoms with van der Waals surface area (Å²) in [5.41, 5.74) is 3.16. The van der Waals surface area contributed by atoms with E-state index in [9.17, 15) is 14.4 Å². The summed E-state index contributed by atoms with van der Waals surface area (Å²) in [7, 11) is 1.68. The third-order valence-corrected chi connectivity index (χ3v) is 7.39. The maximum atomic E-state index is 13.8. The zero-order valence-electron chi connectivity index (χ0n) is 21.8. The summed E-state index contributed by atoms with van der Waals surface area (Å²) in [5, 5.41) is 17.2. The van der Waals surface area contributed by atoms with Crippen LogP contribution in [0.4, 0.5) is 0 Å². The van der Waals surface area contributed by atoms with Gasteiger partial charge in [0, 0.05) is 19.2 Å². The van der Waals surface area contributed by atoms with Gasteiger partial charge in [0.2, 0.25) is 17.7 Å². The number of rotatable bonds is 9. The second-order valence-corrected chi connectivity index (χ2v) is 9.98. The van der Waals surface area contributed by atoms with Gasteiger partial charge in [-0.3, -0.25) is 14.4 Å². The molecule has 3 N–H and O–H groups in total. The van der Waals surface area contributed by atoms with Crippen LogP contribution < -0.4 is 16.0 Å². The van der Waals surface area contributed by atoms with Gasteiger partial charge in [0.1, 0.15) is 12.1 Å². The smallest absolute Gasteiger partial charge is 0.246 e. The Hall–Kier alpha value is -3.53. The number of likely N-dealkylation sites (tertiary alicyclic amines) is 1. The SMILES string of the molecule is C=CC[C@H](NC(=O)[C@H](C)NC)C(=O)N1C[C@@H](n2cc(C)nn2)C[C@H]1C(=O)N[C@@H]1CCCc2ccccc21. The highest BCUT2D eigenvalue weighted by molar-refractivity contribution is 5.93. The second-order valence-electron chi connectivity index (χ2n) is 9.98. The zero-order valence-corrected chi connectivity index (χ0v) is 21.8. The third-order valence-electron chi connectivity index (χ3n) is 7.39. The first-order chi connectivity index (χ1) is 17.8. The van der Waals surface area contributed by atoms with Crippen molar-refractivity contribution in [1.82, 2.24) is 35.8 Å². The van der Waals surface area contributed by atoms with Gasteiger partial charge in [-0.15, -0.1) is 11.7 Å². The van der Waals surface area contributed by atoms with Crippen LogP contribution in [0.15, 0.2) is 43.1 Å². The van der Waals surface area contributed by atoms with E-state index in [1.54, 1.807) is 29.6 Å². The van der Waals surface area contributed by atoms with E-state index in [4.69, 9.17) is 0 Å². The summed E-state index contributed by atoms with van der Waals surface area (Å²) in [6.07, 6.45) is 6.95. The van der Waals surface area contributed by atoms with Crippen molar-refractivity contribution in [2.24, 2.45) is 0 Å². The molecule has 5 atom stereocenters. The first kappa shape index (κ1) is 26.5. The molecule has 0 radical (unpaired) electrons. The number of aryl methyl sites for hydroxylation is 2. The molecule has 2 aromatic rings. The summed E-state index contributed by atoms with van der Waals surface area (Å²) in [6.45, 7) is 7.63. The standard InChI is InChI=1S/C27H37N7O3/c1-5-9-23(30-25(35)18(3)28-4)27(37)33-16-20(34-15-17(2)31-32-34)14-24(33)26(36)29-22-13-8-11-19-10-6-7-12-21(19)22/h5-7,10,12,15,18,20,22-24,28H,1,8-9,11,13-14,16H2,2-4H3,(H,29,36)(H,30,35)/t18-,20-,22+,23-,24-/m0/s1. The molecule has 1 aromatic carbocycles. The molecule has 10 heteroatoms. The van der Waals surface area contributed by atoms with Crippen LogP contribution in [0.1, 0.15) is 61.5 Å². The number of carbonyl (C=O) groups excluding carboxylic acids is 3. The van der Waals surface area contributed by atoms with Crippen LogP contribution in [0.25, 0.3) is 0 Å². The molecule has 198 valence electrons. The van der Waals surface area contributed by atoms with Crippen molar-refractivity contribution in [3.8, 4) is 0 Å². The summed E-state index contributed by atoms with van der Waals surface area (Å²) in [6, 6.07) is 5.92. The number of nitrogens with zero attached hydrogens (tertiary/aromatic N) is 4. The molecule has 37 heavy (non-hydrogen) atoms. The molecule has 0 bridgehead atoms. The fourth-order valence-electron chi connectivity index (χ4n) is 5.23. The van der Waals surface area contributed by atoms with E-state index in [-0.39, 0.29) is 36.2 Å². The molecule has 1 aromatic heterocycles. The lowest BCUT2D eigenvalue weighted by atomic mass is 9.87. The number of aromatic nitrogens is 3. The number of benzene rings is 1. The highest BCUT2D eigenvalue weighted by Gasteiger charge is 2.43. The zero-order chi connectivity index (χ0) is 26.5. The number of fused-ring (bicyclic) bond motifs is 1. The molecule has 1 saturated heterocycles. The monoisotopic (exact) mass is 507 g/mol. The van der Waals surface area contributed by atoms with Gasteiger partial charge in [0.25, 0.3) is 0 Å².